The lowest BCUT2D eigenvalue weighted by atomic mass is 10.2. The predicted molar refractivity (Wildman–Crippen MR) is 74.5 cm³/mol. The van der Waals surface area contributed by atoms with Crippen LogP contribution in [0, 0.1) is 11.8 Å². The first-order chi connectivity index (χ1) is 9.91. The van der Waals surface area contributed by atoms with Crippen molar-refractivity contribution in [2.45, 2.75) is 32.2 Å². The van der Waals surface area contributed by atoms with Crippen LogP contribution < -0.4 is 0 Å². The van der Waals surface area contributed by atoms with Gasteiger partial charge in [-0.3, -0.25) is 9.69 Å². The number of amides is 1. The molecule has 2 aliphatic rings. The summed E-state index contributed by atoms with van der Waals surface area (Å²) in [5.41, 5.74) is 0. The smallest absolute Gasteiger partial charge is 0.414 e. The van der Waals surface area contributed by atoms with Crippen LogP contribution in [0.2, 0.25) is 0 Å². The Hall–Kier alpha value is -2.07. The molecule has 2 saturated heterocycles. The number of carbonyl (C=O) groups excluding carboxylic acids is 1. The molecular formula is C14H20N2O5. The number of nitrogens with zero attached hydrogens (tertiary/aromatic N) is 2. The SMILES string of the molecule is CC1CCC(=O)N1CC#CCN1CCC1.O=C(O)C(=O)O. The van der Waals surface area contributed by atoms with Crippen LogP contribution in [0.15, 0.2) is 0 Å². The Bertz CT molecular complexity index is 450. The van der Waals surface area contributed by atoms with E-state index in [0.29, 0.717) is 19.0 Å². The van der Waals surface area contributed by atoms with E-state index < -0.39 is 11.9 Å². The zero-order valence-corrected chi connectivity index (χ0v) is 12.0. The van der Waals surface area contributed by atoms with Gasteiger partial charge in [0, 0.05) is 25.6 Å². The Balaban J connectivity index is 0.000000315. The van der Waals surface area contributed by atoms with Crippen molar-refractivity contribution in [3.63, 3.8) is 0 Å². The third kappa shape index (κ3) is 5.83. The highest BCUT2D eigenvalue weighted by Gasteiger charge is 2.26. The summed E-state index contributed by atoms with van der Waals surface area (Å²) in [7, 11) is 0. The topological polar surface area (TPSA) is 98.2 Å². The molecule has 1 atom stereocenters. The molecule has 1 unspecified atom stereocenters. The average Bonchev–Trinajstić information content (AvgIpc) is 2.68. The highest BCUT2D eigenvalue weighted by molar-refractivity contribution is 6.27. The fraction of sp³-hybridized carbons (Fsp3) is 0.643. The molecule has 0 aromatic carbocycles. The van der Waals surface area contributed by atoms with Crippen LogP contribution in [-0.4, -0.2) is 70.1 Å². The second-order valence-corrected chi connectivity index (χ2v) is 5.00. The summed E-state index contributed by atoms with van der Waals surface area (Å²) in [5.74, 6) is 2.85. The summed E-state index contributed by atoms with van der Waals surface area (Å²) >= 11 is 0. The molecule has 2 N–H and O–H groups in total. The van der Waals surface area contributed by atoms with Gasteiger partial charge in [-0.25, -0.2) is 9.59 Å². The van der Waals surface area contributed by atoms with Crippen molar-refractivity contribution in [2.75, 3.05) is 26.2 Å². The van der Waals surface area contributed by atoms with E-state index in [1.807, 2.05) is 4.90 Å². The van der Waals surface area contributed by atoms with Crippen LogP contribution in [-0.2, 0) is 14.4 Å². The van der Waals surface area contributed by atoms with E-state index in [-0.39, 0.29) is 5.91 Å². The standard InChI is InChI=1S/C12H18N2O.C2H2O4/c1-11-5-6-12(15)14(11)10-3-2-7-13-8-4-9-13;3-1(4)2(5)6/h11H,4-10H2,1H3;(H,3,4)(H,5,6). The van der Waals surface area contributed by atoms with Crippen LogP contribution >= 0.6 is 0 Å². The molecule has 7 nitrogen and oxygen atoms in total. The lowest BCUT2D eigenvalue weighted by Crippen LogP contribution is -2.37. The summed E-state index contributed by atoms with van der Waals surface area (Å²) in [5, 5.41) is 14.8. The van der Waals surface area contributed by atoms with Gasteiger partial charge in [0.25, 0.3) is 0 Å². The number of hydrogen-bond acceptors (Lipinski definition) is 4. The number of carboxylic acid groups (broad SMARTS) is 2. The van der Waals surface area contributed by atoms with E-state index in [1.54, 1.807) is 0 Å². The highest BCUT2D eigenvalue weighted by atomic mass is 16.4. The van der Waals surface area contributed by atoms with E-state index in [9.17, 15) is 4.79 Å². The van der Waals surface area contributed by atoms with Crippen molar-refractivity contribution >= 4 is 17.8 Å². The van der Waals surface area contributed by atoms with Crippen LogP contribution in [0.25, 0.3) is 0 Å². The summed E-state index contributed by atoms with van der Waals surface area (Å²) in [6.45, 7) is 5.97. The Morgan fingerprint density at radius 1 is 1.19 bits per heavy atom. The molecule has 0 aromatic heterocycles. The fourth-order valence-electron chi connectivity index (χ4n) is 1.97. The number of rotatable bonds is 2. The van der Waals surface area contributed by atoms with E-state index in [1.165, 1.54) is 19.5 Å². The van der Waals surface area contributed by atoms with E-state index in [2.05, 4.69) is 23.7 Å². The van der Waals surface area contributed by atoms with Crippen molar-refractivity contribution in [3.05, 3.63) is 0 Å². The van der Waals surface area contributed by atoms with Gasteiger partial charge < -0.3 is 15.1 Å². The molecule has 2 fully saturated rings. The van der Waals surface area contributed by atoms with E-state index in [4.69, 9.17) is 19.8 Å². The van der Waals surface area contributed by atoms with Crippen molar-refractivity contribution in [1.29, 1.82) is 0 Å². The fourth-order valence-corrected chi connectivity index (χ4v) is 1.97. The molecule has 0 spiro atoms. The molecular weight excluding hydrogens is 276 g/mol. The van der Waals surface area contributed by atoms with Crippen molar-refractivity contribution < 1.29 is 24.6 Å². The summed E-state index contributed by atoms with van der Waals surface area (Å²) in [6.07, 6.45) is 3.00. The van der Waals surface area contributed by atoms with Gasteiger partial charge in [-0.15, -0.1) is 0 Å². The summed E-state index contributed by atoms with van der Waals surface area (Å²) in [6, 6.07) is 0.385. The third-order valence-electron chi connectivity index (χ3n) is 3.44. The first-order valence-electron chi connectivity index (χ1n) is 6.85. The van der Waals surface area contributed by atoms with Crippen molar-refractivity contribution in [3.8, 4) is 11.8 Å². The maximum atomic E-state index is 11.4. The van der Waals surface area contributed by atoms with Gasteiger partial charge in [-0.05, 0) is 19.8 Å². The normalized spacial score (nSPS) is 20.7. The second-order valence-electron chi connectivity index (χ2n) is 5.00. The Kier molecular flexibility index (Phi) is 6.69. The molecule has 2 rings (SSSR count). The lowest BCUT2D eigenvalue weighted by Gasteiger charge is -2.28. The van der Waals surface area contributed by atoms with Gasteiger partial charge in [-0.2, -0.15) is 0 Å². The van der Waals surface area contributed by atoms with Gasteiger partial charge in [0.1, 0.15) is 0 Å². The number of carboxylic acids is 2. The molecule has 7 heteroatoms. The number of carbonyl (C=O) groups is 3. The van der Waals surface area contributed by atoms with Gasteiger partial charge in [0.2, 0.25) is 5.91 Å². The molecule has 0 aliphatic carbocycles. The highest BCUT2D eigenvalue weighted by Crippen LogP contribution is 2.16. The summed E-state index contributed by atoms with van der Waals surface area (Å²) in [4.78, 5) is 33.8. The molecule has 2 heterocycles. The Labute approximate surface area is 123 Å². The van der Waals surface area contributed by atoms with Gasteiger partial charge in [0.15, 0.2) is 0 Å². The Morgan fingerprint density at radius 2 is 1.76 bits per heavy atom. The van der Waals surface area contributed by atoms with Crippen LogP contribution in [0.1, 0.15) is 26.2 Å². The van der Waals surface area contributed by atoms with Crippen LogP contribution in [0.4, 0.5) is 0 Å². The largest absolute Gasteiger partial charge is 0.473 e. The summed E-state index contributed by atoms with van der Waals surface area (Å²) < 4.78 is 0. The zero-order chi connectivity index (χ0) is 15.8. The molecule has 0 aromatic rings. The molecule has 0 saturated carbocycles. The number of hydrogen-bond donors (Lipinski definition) is 2. The second kappa shape index (κ2) is 8.27. The van der Waals surface area contributed by atoms with E-state index >= 15 is 0 Å². The maximum absolute atomic E-state index is 11.4. The quantitative estimate of drug-likeness (QED) is 0.544. The van der Waals surface area contributed by atoms with Crippen LogP contribution in [0.5, 0.6) is 0 Å². The molecule has 2 aliphatic heterocycles. The first-order valence-corrected chi connectivity index (χ1v) is 6.85. The molecule has 0 bridgehead atoms. The minimum absolute atomic E-state index is 0.265. The minimum Gasteiger partial charge on any atom is -0.473 e. The monoisotopic (exact) mass is 296 g/mol. The van der Waals surface area contributed by atoms with Crippen molar-refractivity contribution in [1.82, 2.24) is 9.80 Å². The first kappa shape index (κ1) is 17.0. The van der Waals surface area contributed by atoms with E-state index in [0.717, 1.165) is 13.0 Å². The molecule has 21 heavy (non-hydrogen) atoms. The maximum Gasteiger partial charge on any atom is 0.414 e. The van der Waals surface area contributed by atoms with Gasteiger partial charge in [0.05, 0.1) is 13.1 Å². The zero-order valence-electron chi connectivity index (χ0n) is 12.0. The van der Waals surface area contributed by atoms with Gasteiger partial charge in [-0.1, -0.05) is 11.8 Å². The number of likely N-dealkylation sites (tertiary alicyclic amines) is 2. The van der Waals surface area contributed by atoms with Crippen molar-refractivity contribution in [2.24, 2.45) is 0 Å². The van der Waals surface area contributed by atoms with Gasteiger partial charge >= 0.3 is 11.9 Å². The predicted octanol–water partition coefficient (Wildman–Crippen LogP) is -0.138. The average molecular weight is 296 g/mol. The number of aliphatic carboxylic acids is 2. The molecule has 0 radical (unpaired) electrons. The third-order valence-corrected chi connectivity index (χ3v) is 3.44. The molecule has 116 valence electrons. The Morgan fingerprint density at radius 3 is 2.14 bits per heavy atom. The minimum atomic E-state index is -1.82. The lowest BCUT2D eigenvalue weighted by molar-refractivity contribution is -0.159. The molecule has 1 amide bonds. The van der Waals surface area contributed by atoms with Crippen LogP contribution in [0.3, 0.4) is 0 Å².